The Balaban J connectivity index is 1.66. The second-order valence-electron chi connectivity index (χ2n) is 7.40. The van der Waals surface area contributed by atoms with Gasteiger partial charge in [-0.15, -0.1) is 0 Å². The van der Waals surface area contributed by atoms with Crippen molar-refractivity contribution in [1.82, 2.24) is 4.98 Å². The van der Waals surface area contributed by atoms with Crippen LogP contribution >= 0.6 is 11.6 Å². The van der Waals surface area contributed by atoms with Crippen LogP contribution in [0.15, 0.2) is 71.1 Å². The van der Waals surface area contributed by atoms with Crippen LogP contribution in [-0.4, -0.2) is 23.2 Å². The third kappa shape index (κ3) is 4.55. The number of fused-ring (bicyclic) bond motifs is 1. The van der Waals surface area contributed by atoms with Gasteiger partial charge in [-0.25, -0.2) is 9.37 Å². The van der Waals surface area contributed by atoms with Gasteiger partial charge in [0.15, 0.2) is 5.58 Å². The number of halogens is 8. The largest absolute Gasteiger partial charge is 0.436 e. The van der Waals surface area contributed by atoms with Crippen molar-refractivity contribution in [3.63, 3.8) is 0 Å². The van der Waals surface area contributed by atoms with Crippen molar-refractivity contribution in [2.24, 2.45) is 0 Å². The molecule has 0 saturated carbocycles. The summed E-state index contributed by atoms with van der Waals surface area (Å²) < 4.78 is 98.1. The van der Waals surface area contributed by atoms with E-state index in [0.29, 0.717) is 28.4 Å². The number of benzene rings is 3. The number of alkyl halides is 7. The molecule has 1 N–H and O–H groups in total. The number of aromatic nitrogens is 1. The first kappa shape index (κ1) is 24.5. The van der Waals surface area contributed by atoms with Crippen LogP contribution in [0.3, 0.4) is 0 Å². The molecule has 0 radical (unpaired) electrons. The van der Waals surface area contributed by atoms with E-state index in [9.17, 15) is 35.5 Å². The number of anilines is 1. The Bertz CT molecular complexity index is 1380. The molecule has 3 aromatic carbocycles. The highest BCUT2D eigenvalue weighted by atomic mass is 35.5. The SMILES string of the molecule is O=C(Nc1cccc(-c2nc3ccc(C(F)(C(F)(F)F)C(F)(F)F)cc3o2)c1)c1ccc(Cl)cc1. The maximum absolute atomic E-state index is 14.4. The van der Waals surface area contributed by atoms with E-state index in [-0.39, 0.29) is 17.0 Å². The Hall–Kier alpha value is -3.60. The number of oxazole rings is 1. The lowest BCUT2D eigenvalue weighted by Gasteiger charge is -2.30. The summed E-state index contributed by atoms with van der Waals surface area (Å²) in [4.78, 5) is 16.4. The van der Waals surface area contributed by atoms with E-state index < -0.39 is 35.1 Å². The van der Waals surface area contributed by atoms with Crippen molar-refractivity contribution in [3.8, 4) is 11.5 Å². The van der Waals surface area contributed by atoms with Gasteiger partial charge < -0.3 is 9.73 Å². The predicted molar refractivity (Wildman–Crippen MR) is 114 cm³/mol. The molecule has 0 aliphatic rings. The Morgan fingerprint density at radius 1 is 0.857 bits per heavy atom. The zero-order chi connectivity index (χ0) is 25.6. The Labute approximate surface area is 197 Å². The molecule has 0 aliphatic heterocycles. The minimum atomic E-state index is -6.25. The Morgan fingerprint density at radius 2 is 1.51 bits per heavy atom. The number of nitrogens with zero attached hydrogens (tertiary/aromatic N) is 1. The lowest BCUT2D eigenvalue weighted by Crippen LogP contribution is -2.50. The quantitative estimate of drug-likeness (QED) is 0.283. The molecule has 0 saturated heterocycles. The van der Waals surface area contributed by atoms with Crippen LogP contribution < -0.4 is 5.32 Å². The van der Waals surface area contributed by atoms with Gasteiger partial charge in [0.05, 0.1) is 0 Å². The normalized spacial score (nSPS) is 12.7. The van der Waals surface area contributed by atoms with Gasteiger partial charge in [0.1, 0.15) is 5.52 Å². The summed E-state index contributed by atoms with van der Waals surface area (Å²) in [5.74, 6) is -0.622. The second kappa shape index (κ2) is 8.56. The lowest BCUT2D eigenvalue weighted by atomic mass is 9.94. The van der Waals surface area contributed by atoms with E-state index in [4.69, 9.17) is 16.0 Å². The Kier molecular flexibility index (Phi) is 6.00. The van der Waals surface area contributed by atoms with Crippen molar-refractivity contribution in [3.05, 3.63) is 82.9 Å². The first-order valence-corrected chi connectivity index (χ1v) is 10.1. The predicted octanol–water partition coefficient (Wildman–Crippen LogP) is 7.69. The lowest BCUT2D eigenvalue weighted by molar-refractivity contribution is -0.348. The van der Waals surface area contributed by atoms with Crippen molar-refractivity contribution in [1.29, 1.82) is 0 Å². The van der Waals surface area contributed by atoms with Crippen LogP contribution in [0.1, 0.15) is 15.9 Å². The fourth-order valence-electron chi connectivity index (χ4n) is 3.28. The summed E-state index contributed by atoms with van der Waals surface area (Å²) in [6, 6.07) is 13.5. The minimum absolute atomic E-state index is 0.0916. The molecular weight excluding hydrogens is 505 g/mol. The van der Waals surface area contributed by atoms with E-state index in [1.54, 1.807) is 6.07 Å². The van der Waals surface area contributed by atoms with Gasteiger partial charge in [-0.05, 0) is 54.6 Å². The van der Waals surface area contributed by atoms with Gasteiger partial charge in [-0.2, -0.15) is 26.3 Å². The first-order valence-electron chi connectivity index (χ1n) is 9.70. The highest BCUT2D eigenvalue weighted by Gasteiger charge is 2.73. The highest BCUT2D eigenvalue weighted by Crippen LogP contribution is 2.53. The molecule has 0 spiro atoms. The number of carbonyl (C=O) groups is 1. The molecule has 0 bridgehead atoms. The maximum atomic E-state index is 14.4. The number of hydrogen-bond acceptors (Lipinski definition) is 3. The molecule has 0 atom stereocenters. The molecule has 1 heterocycles. The fraction of sp³-hybridized carbons (Fsp3) is 0.130. The van der Waals surface area contributed by atoms with Crippen LogP contribution in [0.5, 0.6) is 0 Å². The molecule has 4 aromatic rings. The molecule has 182 valence electrons. The third-order valence-corrected chi connectivity index (χ3v) is 5.29. The summed E-state index contributed by atoms with van der Waals surface area (Å²) in [5.41, 5.74) is -6.96. The fourth-order valence-corrected chi connectivity index (χ4v) is 3.41. The number of nitrogens with one attached hydrogen (secondary N) is 1. The van der Waals surface area contributed by atoms with Gasteiger partial charge in [-0.3, -0.25) is 4.79 Å². The molecule has 1 aromatic heterocycles. The molecular formula is C23H12ClF7N2O2. The smallest absolute Gasteiger partial charge is 0.435 e. The summed E-state index contributed by atoms with van der Waals surface area (Å²) in [6.45, 7) is 0. The number of hydrogen-bond donors (Lipinski definition) is 1. The summed E-state index contributed by atoms with van der Waals surface area (Å²) in [6.07, 6.45) is -12.5. The van der Waals surface area contributed by atoms with Crippen LogP contribution in [0.25, 0.3) is 22.6 Å². The zero-order valence-electron chi connectivity index (χ0n) is 17.1. The van der Waals surface area contributed by atoms with Crippen LogP contribution in [0, 0.1) is 0 Å². The van der Waals surface area contributed by atoms with Gasteiger partial charge >= 0.3 is 18.0 Å². The number of amides is 1. The van der Waals surface area contributed by atoms with Crippen LogP contribution in [0.2, 0.25) is 5.02 Å². The third-order valence-electron chi connectivity index (χ3n) is 5.04. The maximum Gasteiger partial charge on any atom is 0.435 e. The average Bonchev–Trinajstić information content (AvgIpc) is 3.21. The summed E-state index contributed by atoms with van der Waals surface area (Å²) in [7, 11) is 0. The van der Waals surface area contributed by atoms with E-state index in [2.05, 4.69) is 10.3 Å². The number of carbonyl (C=O) groups excluding carboxylic acids is 1. The average molecular weight is 517 g/mol. The molecule has 35 heavy (non-hydrogen) atoms. The minimum Gasteiger partial charge on any atom is -0.436 e. The number of rotatable bonds is 4. The molecule has 0 aliphatic carbocycles. The van der Waals surface area contributed by atoms with Crippen molar-refractivity contribution in [2.75, 3.05) is 5.32 Å². The van der Waals surface area contributed by atoms with Gasteiger partial charge in [0.25, 0.3) is 5.91 Å². The molecule has 0 fully saturated rings. The van der Waals surface area contributed by atoms with E-state index in [1.165, 1.54) is 42.5 Å². The van der Waals surface area contributed by atoms with Gasteiger partial charge in [-0.1, -0.05) is 23.7 Å². The van der Waals surface area contributed by atoms with Crippen molar-refractivity contribution in [2.45, 2.75) is 18.0 Å². The molecule has 1 amide bonds. The van der Waals surface area contributed by atoms with E-state index in [0.717, 1.165) is 6.07 Å². The molecule has 4 nitrogen and oxygen atoms in total. The first-order chi connectivity index (χ1) is 16.3. The molecule has 0 unspecified atom stereocenters. The molecule has 4 rings (SSSR count). The van der Waals surface area contributed by atoms with Gasteiger partial charge in [0.2, 0.25) is 5.89 Å². The standard InChI is InChI=1S/C23H12ClF7N2O2/c24-15-7-4-12(5-8-15)19(34)32-16-3-1-2-13(10-16)20-33-17-9-6-14(11-18(17)35-20)21(25,22(26,27)28)23(29,30)31/h1-11H,(H,32,34). The van der Waals surface area contributed by atoms with Crippen molar-refractivity contribution < 1.29 is 39.9 Å². The van der Waals surface area contributed by atoms with E-state index >= 15 is 0 Å². The monoisotopic (exact) mass is 516 g/mol. The van der Waals surface area contributed by atoms with Gasteiger partial charge in [0, 0.05) is 27.4 Å². The highest BCUT2D eigenvalue weighted by molar-refractivity contribution is 6.30. The molecule has 12 heteroatoms. The van der Waals surface area contributed by atoms with Crippen molar-refractivity contribution >= 4 is 34.3 Å². The summed E-state index contributed by atoms with van der Waals surface area (Å²) >= 11 is 5.80. The summed E-state index contributed by atoms with van der Waals surface area (Å²) in [5, 5.41) is 3.08. The zero-order valence-corrected chi connectivity index (χ0v) is 17.9. The van der Waals surface area contributed by atoms with Crippen LogP contribution in [-0.2, 0) is 5.67 Å². The van der Waals surface area contributed by atoms with E-state index in [1.807, 2.05) is 0 Å². The topological polar surface area (TPSA) is 55.1 Å². The van der Waals surface area contributed by atoms with Crippen LogP contribution in [0.4, 0.5) is 36.4 Å². The Morgan fingerprint density at radius 3 is 2.14 bits per heavy atom. The second-order valence-corrected chi connectivity index (χ2v) is 7.83.